The van der Waals surface area contributed by atoms with Crippen LogP contribution in [0.5, 0.6) is 0 Å². The summed E-state index contributed by atoms with van der Waals surface area (Å²) in [4.78, 5) is 17.1. The highest BCUT2D eigenvalue weighted by Crippen LogP contribution is 2.31. The van der Waals surface area contributed by atoms with Crippen molar-refractivity contribution in [1.29, 1.82) is 0 Å². The Balaban J connectivity index is 1.83. The van der Waals surface area contributed by atoms with Gasteiger partial charge in [-0.25, -0.2) is 17.8 Å². The fourth-order valence-electron chi connectivity index (χ4n) is 2.98. The summed E-state index contributed by atoms with van der Waals surface area (Å²) in [6.07, 6.45) is 0. The van der Waals surface area contributed by atoms with Crippen molar-refractivity contribution in [2.45, 2.75) is 11.7 Å². The molecule has 4 rings (SSSR count). The van der Waals surface area contributed by atoms with Gasteiger partial charge in [0.1, 0.15) is 17.2 Å². The zero-order valence-corrected chi connectivity index (χ0v) is 15.4. The van der Waals surface area contributed by atoms with E-state index in [0.717, 1.165) is 0 Å². The fourth-order valence-corrected chi connectivity index (χ4v) is 4.46. The highest BCUT2D eigenvalue weighted by atomic mass is 35.5. The molecule has 0 spiro atoms. The highest BCUT2D eigenvalue weighted by Gasteiger charge is 2.35. The first kappa shape index (κ1) is 17.7. The normalized spacial score (nSPS) is 14.7. The monoisotopic (exact) mass is 405 g/mol. The highest BCUT2D eigenvalue weighted by molar-refractivity contribution is 7.91. The summed E-state index contributed by atoms with van der Waals surface area (Å²) < 4.78 is 39.3. The second-order valence-electron chi connectivity index (χ2n) is 6.03. The number of halogens is 2. The molecule has 6 nitrogen and oxygen atoms in total. The largest absolute Gasteiger partial charge is 0.321 e. The quantitative estimate of drug-likeness (QED) is 0.724. The summed E-state index contributed by atoms with van der Waals surface area (Å²) >= 11 is 5.91. The third kappa shape index (κ3) is 3.22. The zero-order valence-electron chi connectivity index (χ0n) is 13.8. The van der Waals surface area contributed by atoms with E-state index < -0.39 is 21.6 Å². The molecular weight excluding hydrogens is 393 g/mol. The van der Waals surface area contributed by atoms with Gasteiger partial charge in [0.05, 0.1) is 5.75 Å². The average molecular weight is 406 g/mol. The molecule has 1 aliphatic rings. The number of imidazole rings is 1. The predicted molar refractivity (Wildman–Crippen MR) is 99.1 cm³/mol. The van der Waals surface area contributed by atoms with Crippen molar-refractivity contribution >= 4 is 33.0 Å². The first-order valence-corrected chi connectivity index (χ1v) is 10.0. The number of hydrogen-bond donors (Lipinski definition) is 1. The minimum atomic E-state index is -3.55. The Morgan fingerprint density at radius 3 is 2.63 bits per heavy atom. The van der Waals surface area contributed by atoms with Gasteiger partial charge in [0.15, 0.2) is 0 Å². The summed E-state index contributed by atoms with van der Waals surface area (Å²) in [6.45, 7) is 0.129. The van der Waals surface area contributed by atoms with Crippen LogP contribution < -0.4 is 5.32 Å². The molecule has 0 fully saturated rings. The van der Waals surface area contributed by atoms with Crippen LogP contribution in [0.2, 0.25) is 5.02 Å². The molecule has 0 bridgehead atoms. The summed E-state index contributed by atoms with van der Waals surface area (Å²) in [5.41, 5.74) is 1.16. The molecule has 9 heteroatoms. The molecule has 0 aliphatic carbocycles. The van der Waals surface area contributed by atoms with Gasteiger partial charge in [-0.05, 0) is 30.3 Å². The van der Waals surface area contributed by atoms with Gasteiger partial charge in [-0.2, -0.15) is 0 Å². The number of carbonyl (C=O) groups excluding carboxylic acids is 1. The summed E-state index contributed by atoms with van der Waals surface area (Å²) in [7, 11) is -3.55. The van der Waals surface area contributed by atoms with E-state index in [0.29, 0.717) is 10.6 Å². The van der Waals surface area contributed by atoms with Crippen LogP contribution in [0.25, 0.3) is 11.3 Å². The standard InChI is InChI=1S/C18H13ClFN3O3S/c19-12-6-4-11(5-7-12)15-16(23-8-9-27(25,26)18(23)22-15)17(24)21-14-3-1-2-13(20)10-14/h1-7,10H,8-9H2,(H,21,24). The van der Waals surface area contributed by atoms with Gasteiger partial charge in [-0.3, -0.25) is 4.79 Å². The van der Waals surface area contributed by atoms with Crippen molar-refractivity contribution in [3.05, 3.63) is 65.1 Å². The molecule has 3 aromatic rings. The summed E-state index contributed by atoms with van der Waals surface area (Å²) in [5, 5.41) is 2.96. The lowest BCUT2D eigenvalue weighted by molar-refractivity contribution is 0.101. The van der Waals surface area contributed by atoms with E-state index in [2.05, 4.69) is 10.3 Å². The Kier molecular flexibility index (Phi) is 4.24. The Bertz CT molecular complexity index is 1160. The van der Waals surface area contributed by atoms with Crippen molar-refractivity contribution in [3.8, 4) is 11.3 Å². The molecule has 0 unspecified atom stereocenters. The van der Waals surface area contributed by atoms with Crippen LogP contribution >= 0.6 is 11.6 Å². The number of nitrogens with one attached hydrogen (secondary N) is 1. The van der Waals surface area contributed by atoms with Crippen molar-refractivity contribution in [1.82, 2.24) is 9.55 Å². The fraction of sp³-hybridized carbons (Fsp3) is 0.111. The molecule has 0 saturated heterocycles. The lowest BCUT2D eigenvalue weighted by atomic mass is 10.1. The average Bonchev–Trinajstić information content (AvgIpc) is 3.13. The molecule has 138 valence electrons. The van der Waals surface area contributed by atoms with Crippen LogP contribution in [-0.2, 0) is 16.4 Å². The molecule has 27 heavy (non-hydrogen) atoms. The first-order chi connectivity index (χ1) is 12.8. The minimum Gasteiger partial charge on any atom is -0.321 e. The second-order valence-corrected chi connectivity index (χ2v) is 8.47. The number of sulfone groups is 1. The van der Waals surface area contributed by atoms with Crippen LogP contribution in [0.15, 0.2) is 53.7 Å². The molecule has 0 atom stereocenters. The molecule has 2 heterocycles. The van der Waals surface area contributed by atoms with E-state index in [1.807, 2.05) is 0 Å². The molecule has 1 amide bonds. The minimum absolute atomic E-state index is 0.109. The van der Waals surface area contributed by atoms with Crippen molar-refractivity contribution in [2.75, 3.05) is 11.1 Å². The molecule has 0 saturated carbocycles. The van der Waals surface area contributed by atoms with Crippen LogP contribution in [-0.4, -0.2) is 29.6 Å². The van der Waals surface area contributed by atoms with Gasteiger partial charge in [0, 0.05) is 22.8 Å². The van der Waals surface area contributed by atoms with Gasteiger partial charge in [0.25, 0.3) is 5.91 Å². The van der Waals surface area contributed by atoms with E-state index in [1.165, 1.54) is 22.8 Å². The van der Waals surface area contributed by atoms with E-state index in [-0.39, 0.29) is 34.5 Å². The van der Waals surface area contributed by atoms with E-state index in [1.54, 1.807) is 30.3 Å². The predicted octanol–water partition coefficient (Wildman–Crippen LogP) is 3.38. The van der Waals surface area contributed by atoms with Crippen LogP contribution in [0, 0.1) is 5.82 Å². The third-order valence-electron chi connectivity index (χ3n) is 4.21. The SMILES string of the molecule is O=C(Nc1cccc(F)c1)c1c(-c2ccc(Cl)cc2)nc2n1CCS2(=O)=O. The number of fused-ring (bicyclic) bond motifs is 1. The van der Waals surface area contributed by atoms with E-state index >= 15 is 0 Å². The number of aromatic nitrogens is 2. The van der Waals surface area contributed by atoms with Crippen LogP contribution in [0.1, 0.15) is 10.5 Å². The third-order valence-corrected chi connectivity index (χ3v) is 6.05. The van der Waals surface area contributed by atoms with Crippen LogP contribution in [0.4, 0.5) is 10.1 Å². The Labute approximate surface area is 159 Å². The van der Waals surface area contributed by atoms with Gasteiger partial charge in [-0.1, -0.05) is 29.8 Å². The van der Waals surface area contributed by atoms with Crippen LogP contribution in [0.3, 0.4) is 0 Å². The molecule has 1 aliphatic heterocycles. The number of carbonyl (C=O) groups is 1. The topological polar surface area (TPSA) is 81.1 Å². The lowest BCUT2D eigenvalue weighted by Gasteiger charge is -2.09. The van der Waals surface area contributed by atoms with E-state index in [4.69, 9.17) is 11.6 Å². The maximum atomic E-state index is 13.4. The molecular formula is C18H13ClFN3O3S. The molecule has 0 radical (unpaired) electrons. The second kappa shape index (κ2) is 6.47. The first-order valence-electron chi connectivity index (χ1n) is 8.01. The maximum absolute atomic E-state index is 13.4. The molecule has 1 N–H and O–H groups in total. The Morgan fingerprint density at radius 2 is 1.93 bits per heavy atom. The van der Waals surface area contributed by atoms with Gasteiger partial charge in [-0.15, -0.1) is 0 Å². The van der Waals surface area contributed by atoms with Crippen molar-refractivity contribution in [3.63, 3.8) is 0 Å². The number of benzene rings is 2. The van der Waals surface area contributed by atoms with E-state index in [9.17, 15) is 17.6 Å². The Morgan fingerprint density at radius 1 is 1.19 bits per heavy atom. The smallest absolute Gasteiger partial charge is 0.274 e. The maximum Gasteiger partial charge on any atom is 0.274 e. The molecule has 2 aromatic carbocycles. The van der Waals surface area contributed by atoms with Crippen molar-refractivity contribution < 1.29 is 17.6 Å². The van der Waals surface area contributed by atoms with Crippen molar-refractivity contribution in [2.24, 2.45) is 0 Å². The Hall–Kier alpha value is -2.71. The number of amides is 1. The number of rotatable bonds is 3. The summed E-state index contributed by atoms with van der Waals surface area (Å²) in [6, 6.07) is 12.0. The number of anilines is 1. The summed E-state index contributed by atoms with van der Waals surface area (Å²) in [5.74, 6) is -1.18. The molecule has 1 aromatic heterocycles. The lowest BCUT2D eigenvalue weighted by Crippen LogP contribution is -2.18. The van der Waals surface area contributed by atoms with Gasteiger partial charge >= 0.3 is 0 Å². The zero-order chi connectivity index (χ0) is 19.2. The number of nitrogens with zero attached hydrogens (tertiary/aromatic N) is 2. The van der Waals surface area contributed by atoms with Gasteiger partial charge in [0.2, 0.25) is 15.0 Å². The van der Waals surface area contributed by atoms with Gasteiger partial charge < -0.3 is 9.88 Å². The number of hydrogen-bond acceptors (Lipinski definition) is 4.